The SMILES string of the molecule is COc1cc(C(=O)OCC(=O)NC(N)=O)ccc1OCC(=O)Nc1ccccc1C(F)(F)F. The minimum Gasteiger partial charge on any atom is -0.493 e. The molecule has 0 aromatic heterocycles. The molecule has 33 heavy (non-hydrogen) atoms. The Kier molecular flexibility index (Phi) is 8.20. The van der Waals surface area contributed by atoms with Crippen molar-refractivity contribution in [1.82, 2.24) is 5.32 Å². The molecule has 0 radical (unpaired) electrons. The maximum atomic E-state index is 13.0. The summed E-state index contributed by atoms with van der Waals surface area (Å²) in [5.41, 5.74) is 3.28. The molecule has 0 saturated carbocycles. The van der Waals surface area contributed by atoms with Gasteiger partial charge in [0.05, 0.1) is 23.9 Å². The molecule has 2 aromatic carbocycles. The van der Waals surface area contributed by atoms with E-state index in [1.54, 1.807) is 5.32 Å². The summed E-state index contributed by atoms with van der Waals surface area (Å²) >= 11 is 0. The first kappa shape index (κ1) is 25.0. The summed E-state index contributed by atoms with van der Waals surface area (Å²) in [6.07, 6.45) is -4.65. The van der Waals surface area contributed by atoms with Gasteiger partial charge in [-0.1, -0.05) is 12.1 Å². The minimum absolute atomic E-state index is 0.00882. The number of benzene rings is 2. The van der Waals surface area contributed by atoms with Crippen molar-refractivity contribution in [2.75, 3.05) is 25.6 Å². The largest absolute Gasteiger partial charge is 0.493 e. The number of urea groups is 1. The fourth-order valence-corrected chi connectivity index (χ4v) is 2.47. The number of anilines is 1. The van der Waals surface area contributed by atoms with E-state index in [1.165, 1.54) is 37.4 Å². The number of hydrogen-bond acceptors (Lipinski definition) is 7. The molecule has 2 rings (SSSR count). The molecule has 13 heteroatoms. The third kappa shape index (κ3) is 7.41. The Labute approximate surface area is 184 Å². The molecule has 0 unspecified atom stereocenters. The molecule has 0 atom stereocenters. The van der Waals surface area contributed by atoms with E-state index >= 15 is 0 Å². The maximum absolute atomic E-state index is 13.0. The quantitative estimate of drug-likeness (QED) is 0.502. The molecule has 0 aliphatic rings. The number of alkyl halides is 3. The molecule has 2 aromatic rings. The first-order valence-electron chi connectivity index (χ1n) is 9.04. The number of ether oxygens (including phenoxy) is 3. The lowest BCUT2D eigenvalue weighted by Gasteiger charge is -2.15. The van der Waals surface area contributed by atoms with E-state index in [4.69, 9.17) is 19.9 Å². The van der Waals surface area contributed by atoms with Crippen molar-refractivity contribution in [2.45, 2.75) is 6.18 Å². The van der Waals surface area contributed by atoms with E-state index < -0.39 is 54.5 Å². The molecule has 0 bridgehead atoms. The Morgan fingerprint density at radius 3 is 2.30 bits per heavy atom. The second kappa shape index (κ2) is 10.8. The Morgan fingerprint density at radius 1 is 0.970 bits per heavy atom. The van der Waals surface area contributed by atoms with Gasteiger partial charge in [0.2, 0.25) is 0 Å². The fraction of sp³-hybridized carbons (Fsp3) is 0.200. The average molecular weight is 469 g/mol. The van der Waals surface area contributed by atoms with Gasteiger partial charge in [0.1, 0.15) is 0 Å². The Bertz CT molecular complexity index is 1060. The Hall–Kier alpha value is -4.29. The highest BCUT2D eigenvalue weighted by Gasteiger charge is 2.33. The first-order chi connectivity index (χ1) is 15.5. The van der Waals surface area contributed by atoms with E-state index in [9.17, 15) is 32.3 Å². The van der Waals surface area contributed by atoms with Crippen LogP contribution in [0.1, 0.15) is 15.9 Å². The van der Waals surface area contributed by atoms with Crippen molar-refractivity contribution >= 4 is 29.5 Å². The molecule has 0 fully saturated rings. The van der Waals surface area contributed by atoms with Crippen LogP contribution in [0.4, 0.5) is 23.7 Å². The van der Waals surface area contributed by atoms with Gasteiger partial charge in [-0.3, -0.25) is 14.9 Å². The topological polar surface area (TPSA) is 146 Å². The monoisotopic (exact) mass is 469 g/mol. The number of imide groups is 1. The van der Waals surface area contributed by atoms with Crippen molar-refractivity contribution < 1.29 is 46.6 Å². The Morgan fingerprint density at radius 2 is 1.67 bits per heavy atom. The van der Waals surface area contributed by atoms with Crippen LogP contribution in [0.15, 0.2) is 42.5 Å². The summed E-state index contributed by atoms with van der Waals surface area (Å²) < 4.78 is 54.2. The van der Waals surface area contributed by atoms with Crippen LogP contribution in [0.25, 0.3) is 0 Å². The van der Waals surface area contributed by atoms with Gasteiger partial charge in [-0.05, 0) is 30.3 Å². The first-order valence-corrected chi connectivity index (χ1v) is 9.04. The zero-order valence-corrected chi connectivity index (χ0v) is 17.0. The fourth-order valence-electron chi connectivity index (χ4n) is 2.47. The van der Waals surface area contributed by atoms with Gasteiger partial charge in [0, 0.05) is 0 Å². The van der Waals surface area contributed by atoms with Crippen molar-refractivity contribution in [3.8, 4) is 11.5 Å². The predicted molar refractivity (Wildman–Crippen MR) is 107 cm³/mol. The summed E-state index contributed by atoms with van der Waals surface area (Å²) in [6.45, 7) is -1.42. The van der Waals surface area contributed by atoms with Crippen LogP contribution in [-0.4, -0.2) is 44.1 Å². The molecule has 0 spiro atoms. The van der Waals surface area contributed by atoms with Gasteiger partial charge in [0.15, 0.2) is 24.7 Å². The number of primary amides is 1. The third-order valence-electron chi connectivity index (χ3n) is 3.86. The number of halogens is 3. The molecule has 0 aliphatic carbocycles. The molecular weight excluding hydrogens is 451 g/mol. The molecule has 0 heterocycles. The molecule has 10 nitrogen and oxygen atoms in total. The number of nitrogens with two attached hydrogens (primary N) is 1. The van der Waals surface area contributed by atoms with Gasteiger partial charge in [0.25, 0.3) is 11.8 Å². The summed E-state index contributed by atoms with van der Waals surface area (Å²) in [5, 5.41) is 3.84. The van der Waals surface area contributed by atoms with Crippen molar-refractivity contribution in [3.63, 3.8) is 0 Å². The summed E-state index contributed by atoms with van der Waals surface area (Å²) in [7, 11) is 1.25. The molecule has 0 saturated heterocycles. The van der Waals surface area contributed by atoms with Crippen molar-refractivity contribution in [2.24, 2.45) is 5.73 Å². The van der Waals surface area contributed by atoms with Crippen molar-refractivity contribution in [1.29, 1.82) is 0 Å². The van der Waals surface area contributed by atoms with E-state index in [2.05, 4.69) is 5.32 Å². The zero-order valence-electron chi connectivity index (χ0n) is 17.0. The molecule has 176 valence electrons. The van der Waals surface area contributed by atoms with Crippen molar-refractivity contribution in [3.05, 3.63) is 53.6 Å². The second-order valence-electron chi connectivity index (χ2n) is 6.23. The minimum atomic E-state index is -4.65. The van der Waals surface area contributed by atoms with E-state index in [0.717, 1.165) is 12.1 Å². The summed E-state index contributed by atoms with van der Waals surface area (Å²) in [4.78, 5) is 45.9. The third-order valence-corrected chi connectivity index (χ3v) is 3.86. The number of hydrogen-bond donors (Lipinski definition) is 3. The van der Waals surface area contributed by atoms with Crippen LogP contribution in [0.2, 0.25) is 0 Å². The number of para-hydroxylation sites is 1. The van der Waals surface area contributed by atoms with E-state index in [1.807, 2.05) is 0 Å². The highest BCUT2D eigenvalue weighted by molar-refractivity contribution is 5.96. The molecule has 4 amide bonds. The number of methoxy groups -OCH3 is 1. The number of carbonyl (C=O) groups excluding carboxylic acids is 4. The van der Waals surface area contributed by atoms with Gasteiger partial charge in [-0.25, -0.2) is 9.59 Å². The maximum Gasteiger partial charge on any atom is 0.418 e. The van der Waals surface area contributed by atoms with Crippen LogP contribution in [-0.2, 0) is 20.5 Å². The Balaban J connectivity index is 2.00. The number of amides is 4. The number of rotatable bonds is 8. The van der Waals surface area contributed by atoms with Crippen LogP contribution >= 0.6 is 0 Å². The average Bonchev–Trinajstić information content (AvgIpc) is 2.75. The van der Waals surface area contributed by atoms with Crippen LogP contribution in [0.3, 0.4) is 0 Å². The lowest BCUT2D eigenvalue weighted by Crippen LogP contribution is -2.37. The van der Waals surface area contributed by atoms with Gasteiger partial charge < -0.3 is 25.3 Å². The lowest BCUT2D eigenvalue weighted by molar-refractivity contribution is -0.137. The lowest BCUT2D eigenvalue weighted by atomic mass is 10.1. The van der Waals surface area contributed by atoms with Crippen LogP contribution < -0.4 is 25.8 Å². The molecule has 0 aliphatic heterocycles. The highest BCUT2D eigenvalue weighted by Crippen LogP contribution is 2.34. The normalized spacial score (nSPS) is 10.7. The van der Waals surface area contributed by atoms with E-state index in [-0.39, 0.29) is 17.1 Å². The second-order valence-corrected chi connectivity index (χ2v) is 6.23. The number of esters is 1. The molecular formula is C20H18F3N3O7. The van der Waals surface area contributed by atoms with E-state index in [0.29, 0.717) is 0 Å². The summed E-state index contributed by atoms with van der Waals surface area (Å²) in [5.74, 6) is -2.70. The van der Waals surface area contributed by atoms with Gasteiger partial charge in [-0.15, -0.1) is 0 Å². The highest BCUT2D eigenvalue weighted by atomic mass is 19.4. The molecule has 4 N–H and O–H groups in total. The predicted octanol–water partition coefficient (Wildman–Crippen LogP) is 2.08. The van der Waals surface area contributed by atoms with Crippen LogP contribution in [0.5, 0.6) is 11.5 Å². The number of carbonyl (C=O) groups is 4. The number of nitrogens with one attached hydrogen (secondary N) is 2. The standard InChI is InChI=1S/C20H18F3N3O7/c1-31-15-8-11(18(29)33-10-17(28)26-19(24)30)6-7-14(15)32-9-16(27)25-13-5-3-2-4-12(13)20(21,22)23/h2-8H,9-10H2,1H3,(H,25,27)(H3,24,26,28,30). The van der Waals surface area contributed by atoms with Crippen LogP contribution in [0, 0.1) is 0 Å². The van der Waals surface area contributed by atoms with Gasteiger partial charge in [-0.2, -0.15) is 13.2 Å². The summed E-state index contributed by atoms with van der Waals surface area (Å²) in [6, 6.07) is 7.05. The smallest absolute Gasteiger partial charge is 0.418 e. The zero-order chi connectivity index (χ0) is 24.6. The van der Waals surface area contributed by atoms with Gasteiger partial charge >= 0.3 is 18.2 Å².